The fourth-order valence-electron chi connectivity index (χ4n) is 3.15. The molecule has 2 aliphatic rings. The number of rotatable bonds is 5. The van der Waals surface area contributed by atoms with Gasteiger partial charge >= 0.3 is 0 Å². The Morgan fingerprint density at radius 1 is 1.23 bits per heavy atom. The van der Waals surface area contributed by atoms with E-state index in [9.17, 15) is 4.21 Å². The highest BCUT2D eigenvalue weighted by molar-refractivity contribution is 7.89. The van der Waals surface area contributed by atoms with E-state index in [-0.39, 0.29) is 0 Å². The van der Waals surface area contributed by atoms with Crippen LogP contribution in [0.15, 0.2) is 51.8 Å². The van der Waals surface area contributed by atoms with Crippen molar-refractivity contribution in [3.8, 4) is 0 Å². The van der Waals surface area contributed by atoms with E-state index in [4.69, 9.17) is 4.74 Å². The average Bonchev–Trinajstić information content (AvgIpc) is 2.99. The van der Waals surface area contributed by atoms with Crippen LogP contribution >= 0.6 is 0 Å². The van der Waals surface area contributed by atoms with Gasteiger partial charge in [-0.05, 0) is 31.1 Å². The van der Waals surface area contributed by atoms with Gasteiger partial charge in [0.1, 0.15) is 0 Å². The van der Waals surface area contributed by atoms with E-state index >= 15 is 0 Å². The molecule has 3 atom stereocenters. The minimum atomic E-state index is -1.06. The summed E-state index contributed by atoms with van der Waals surface area (Å²) >= 11 is 0. The van der Waals surface area contributed by atoms with Gasteiger partial charge in [-0.25, -0.2) is 4.21 Å². The highest BCUT2D eigenvalue weighted by Crippen LogP contribution is 2.37. The largest absolute Gasteiger partial charge is 0.376 e. The molecule has 0 saturated carbocycles. The van der Waals surface area contributed by atoms with Gasteiger partial charge in [-0.2, -0.15) is 0 Å². The van der Waals surface area contributed by atoms with Crippen molar-refractivity contribution in [3.63, 3.8) is 0 Å². The van der Waals surface area contributed by atoms with Crippen LogP contribution < -0.4 is 0 Å². The topological polar surface area (TPSA) is 26.3 Å². The molecule has 0 N–H and O–H groups in total. The minimum absolute atomic E-state index is 0.301. The zero-order valence-electron chi connectivity index (χ0n) is 13.4. The van der Waals surface area contributed by atoms with Gasteiger partial charge in [0.15, 0.2) is 0 Å². The zero-order chi connectivity index (χ0) is 15.5. The molecular formula is C19H24O2S. The summed E-state index contributed by atoms with van der Waals surface area (Å²) in [5.41, 5.74) is 2.58. The monoisotopic (exact) mass is 316 g/mol. The molecule has 1 heterocycles. The van der Waals surface area contributed by atoms with E-state index in [1.165, 1.54) is 24.0 Å². The van der Waals surface area contributed by atoms with Gasteiger partial charge in [0, 0.05) is 21.6 Å². The molecule has 1 aliphatic carbocycles. The third-order valence-corrected chi connectivity index (χ3v) is 6.07. The minimum Gasteiger partial charge on any atom is -0.376 e. The Morgan fingerprint density at radius 3 is 2.73 bits per heavy atom. The Bertz CT molecular complexity index is 613. The molecule has 0 radical (unpaired) electrons. The second kappa shape index (κ2) is 6.93. The molecule has 3 heteroatoms. The SMILES string of the molecule is CCCC[C@H]1C=C2COC[C@H]2C=C1S(=O)c1ccc(C)cc1. The Labute approximate surface area is 135 Å². The van der Waals surface area contributed by atoms with Crippen LogP contribution in [0.1, 0.15) is 31.7 Å². The molecule has 0 aromatic heterocycles. The number of unbranched alkanes of at least 4 members (excludes halogenated alkanes) is 1. The second-order valence-electron chi connectivity index (χ2n) is 6.26. The van der Waals surface area contributed by atoms with Gasteiger partial charge in [-0.15, -0.1) is 0 Å². The molecule has 1 aliphatic heterocycles. The molecule has 0 amide bonds. The molecule has 2 nitrogen and oxygen atoms in total. The quantitative estimate of drug-likeness (QED) is 0.754. The first-order valence-corrected chi connectivity index (χ1v) is 9.32. The summed E-state index contributed by atoms with van der Waals surface area (Å²) in [6.07, 6.45) is 7.97. The summed E-state index contributed by atoms with van der Waals surface area (Å²) in [5.74, 6) is 0.636. The van der Waals surface area contributed by atoms with E-state index in [1.807, 2.05) is 24.3 Å². The van der Waals surface area contributed by atoms with Crippen LogP contribution in [0, 0.1) is 18.8 Å². The van der Waals surface area contributed by atoms with Crippen LogP contribution in [-0.2, 0) is 15.5 Å². The molecule has 1 aromatic carbocycles. The molecular weight excluding hydrogens is 292 g/mol. The number of allylic oxidation sites excluding steroid dienone is 2. The van der Waals surface area contributed by atoms with E-state index in [0.717, 1.165) is 29.4 Å². The molecule has 1 unspecified atom stereocenters. The summed E-state index contributed by atoms with van der Waals surface area (Å²) < 4.78 is 18.6. The van der Waals surface area contributed by atoms with Crippen molar-refractivity contribution in [1.29, 1.82) is 0 Å². The summed E-state index contributed by atoms with van der Waals surface area (Å²) in [6.45, 7) is 5.74. The smallest absolute Gasteiger partial charge is 0.0811 e. The predicted molar refractivity (Wildman–Crippen MR) is 91.1 cm³/mol. The maximum Gasteiger partial charge on any atom is 0.0811 e. The summed E-state index contributed by atoms with van der Waals surface area (Å²) in [7, 11) is -1.06. The lowest BCUT2D eigenvalue weighted by atomic mass is 9.88. The summed E-state index contributed by atoms with van der Waals surface area (Å²) in [4.78, 5) is 1.99. The van der Waals surface area contributed by atoms with E-state index in [1.54, 1.807) is 0 Å². The first kappa shape index (κ1) is 15.7. The zero-order valence-corrected chi connectivity index (χ0v) is 14.2. The van der Waals surface area contributed by atoms with Crippen molar-refractivity contribution in [2.45, 2.75) is 38.0 Å². The van der Waals surface area contributed by atoms with Gasteiger partial charge in [-0.3, -0.25) is 0 Å². The van der Waals surface area contributed by atoms with Crippen LogP contribution in [0.4, 0.5) is 0 Å². The summed E-state index contributed by atoms with van der Waals surface area (Å²) in [5, 5.41) is 0. The van der Waals surface area contributed by atoms with Crippen LogP contribution in [0.2, 0.25) is 0 Å². The number of benzene rings is 1. The Morgan fingerprint density at radius 2 is 2.00 bits per heavy atom. The van der Waals surface area contributed by atoms with Crippen molar-refractivity contribution >= 4 is 10.8 Å². The van der Waals surface area contributed by atoms with Crippen molar-refractivity contribution in [2.24, 2.45) is 11.8 Å². The highest BCUT2D eigenvalue weighted by atomic mass is 32.2. The second-order valence-corrected chi connectivity index (χ2v) is 7.74. The van der Waals surface area contributed by atoms with Crippen molar-refractivity contribution in [1.82, 2.24) is 0 Å². The molecule has 0 spiro atoms. The van der Waals surface area contributed by atoms with Crippen LogP contribution in [0.25, 0.3) is 0 Å². The van der Waals surface area contributed by atoms with E-state index < -0.39 is 10.8 Å². The Hall–Kier alpha value is -1.19. The fraction of sp³-hybridized carbons (Fsp3) is 0.474. The molecule has 1 saturated heterocycles. The standard InChI is InChI=1S/C19H24O2S/c1-3-4-5-15-10-16-12-21-13-17(16)11-19(15)22(20)18-8-6-14(2)7-9-18/h6-11,15,17H,3-5,12-13H2,1-2H3/t15-,17+,22?/m0/s1. The first-order valence-electron chi connectivity index (χ1n) is 8.17. The van der Waals surface area contributed by atoms with Gasteiger partial charge in [-0.1, -0.05) is 49.6 Å². The summed E-state index contributed by atoms with van der Waals surface area (Å²) in [6, 6.07) is 8.07. The third-order valence-electron chi connectivity index (χ3n) is 4.51. The van der Waals surface area contributed by atoms with Crippen molar-refractivity contribution in [3.05, 3.63) is 52.5 Å². The molecule has 22 heavy (non-hydrogen) atoms. The average molecular weight is 316 g/mol. The molecule has 1 aromatic rings. The van der Waals surface area contributed by atoms with Crippen LogP contribution in [-0.4, -0.2) is 17.4 Å². The van der Waals surface area contributed by atoms with E-state index in [0.29, 0.717) is 11.8 Å². The van der Waals surface area contributed by atoms with Crippen molar-refractivity contribution < 1.29 is 8.95 Å². The lowest BCUT2D eigenvalue weighted by molar-refractivity contribution is 0.195. The van der Waals surface area contributed by atoms with Crippen LogP contribution in [0.5, 0.6) is 0 Å². The van der Waals surface area contributed by atoms with Gasteiger partial charge in [0.25, 0.3) is 0 Å². The molecule has 118 valence electrons. The Balaban J connectivity index is 1.88. The third kappa shape index (κ3) is 3.26. The van der Waals surface area contributed by atoms with Gasteiger partial charge in [0.2, 0.25) is 0 Å². The van der Waals surface area contributed by atoms with Crippen LogP contribution in [0.3, 0.4) is 0 Å². The number of aryl methyl sites for hydroxylation is 1. The highest BCUT2D eigenvalue weighted by Gasteiger charge is 2.30. The first-order chi connectivity index (χ1) is 10.7. The van der Waals surface area contributed by atoms with Gasteiger partial charge < -0.3 is 4.74 Å². The van der Waals surface area contributed by atoms with E-state index in [2.05, 4.69) is 26.0 Å². The fourth-order valence-corrected chi connectivity index (χ4v) is 4.56. The lowest BCUT2D eigenvalue weighted by Crippen LogP contribution is -2.16. The van der Waals surface area contributed by atoms with Crippen molar-refractivity contribution in [2.75, 3.05) is 13.2 Å². The lowest BCUT2D eigenvalue weighted by Gasteiger charge is -2.24. The molecule has 3 rings (SSSR count). The predicted octanol–water partition coefficient (Wildman–Crippen LogP) is 4.38. The molecule has 1 fully saturated rings. The maximum absolute atomic E-state index is 13.0. The normalized spacial score (nSPS) is 25.4. The number of hydrogen-bond donors (Lipinski definition) is 0. The number of hydrogen-bond acceptors (Lipinski definition) is 2. The Kier molecular flexibility index (Phi) is 4.94. The van der Waals surface area contributed by atoms with Gasteiger partial charge in [0.05, 0.1) is 24.0 Å². The number of fused-ring (bicyclic) bond motifs is 1. The maximum atomic E-state index is 13.0. The number of ether oxygens (including phenoxy) is 1. The molecule has 0 bridgehead atoms.